The number of benzene rings is 1. The molecule has 3 rings (SSSR count). The molecule has 5 nitrogen and oxygen atoms in total. The van der Waals surface area contributed by atoms with Crippen LogP contribution in [0.1, 0.15) is 12.5 Å². The Bertz CT molecular complexity index is 592. The zero-order valence-corrected chi connectivity index (χ0v) is 12.6. The van der Waals surface area contributed by atoms with Crippen LogP contribution in [-0.4, -0.2) is 56.9 Å². The van der Waals surface area contributed by atoms with Crippen molar-refractivity contribution in [1.82, 2.24) is 9.21 Å². The van der Waals surface area contributed by atoms with Gasteiger partial charge in [0.25, 0.3) is 0 Å². The normalized spacial score (nSPS) is 20.6. The summed E-state index contributed by atoms with van der Waals surface area (Å²) in [5.41, 5.74) is 2.18. The number of rotatable bonds is 3. The average Bonchev–Trinajstić information content (AvgIpc) is 2.94. The van der Waals surface area contributed by atoms with Crippen LogP contribution in [-0.2, 0) is 16.4 Å². The maximum atomic E-state index is 12.7. The number of hydrogen-bond acceptors (Lipinski definition) is 4. The number of hydrogen-bond donors (Lipinski definition) is 1. The number of likely N-dealkylation sites (N-methyl/N-ethyl adjacent to an activating group) is 1. The summed E-state index contributed by atoms with van der Waals surface area (Å²) in [6, 6.07) is 5.46. The third-order valence-corrected chi connectivity index (χ3v) is 6.10. The minimum atomic E-state index is -3.35. The molecule has 1 N–H and O–H groups in total. The smallest absolute Gasteiger partial charge is 0.243 e. The molecule has 1 aromatic carbocycles. The molecule has 0 radical (unpaired) electrons. The molecule has 1 fully saturated rings. The largest absolute Gasteiger partial charge is 0.384 e. The fourth-order valence-electron chi connectivity index (χ4n) is 2.87. The van der Waals surface area contributed by atoms with Gasteiger partial charge in [-0.3, -0.25) is 0 Å². The summed E-state index contributed by atoms with van der Waals surface area (Å²) in [4.78, 5) is 2.69. The molecule has 0 bridgehead atoms. The van der Waals surface area contributed by atoms with Gasteiger partial charge in [0.05, 0.1) is 4.90 Å². The Kier molecular flexibility index (Phi) is 3.70. The van der Waals surface area contributed by atoms with Crippen molar-refractivity contribution in [2.24, 2.45) is 0 Å². The summed E-state index contributed by atoms with van der Waals surface area (Å²) < 4.78 is 26.9. The molecule has 110 valence electrons. The van der Waals surface area contributed by atoms with Crippen molar-refractivity contribution in [3.8, 4) is 0 Å². The fraction of sp³-hybridized carbons (Fsp3) is 0.571. The van der Waals surface area contributed by atoms with E-state index in [9.17, 15) is 8.42 Å². The van der Waals surface area contributed by atoms with E-state index in [-0.39, 0.29) is 0 Å². The number of fused-ring (bicyclic) bond motifs is 1. The first-order valence-electron chi connectivity index (χ1n) is 7.20. The van der Waals surface area contributed by atoms with Crippen molar-refractivity contribution in [3.63, 3.8) is 0 Å². The predicted octanol–water partition coefficient (Wildman–Crippen LogP) is 0.981. The summed E-state index contributed by atoms with van der Waals surface area (Å²) in [6.45, 7) is 6.79. The lowest BCUT2D eigenvalue weighted by Crippen LogP contribution is -2.48. The van der Waals surface area contributed by atoms with Crippen LogP contribution in [0.5, 0.6) is 0 Å². The molecule has 0 amide bonds. The second-order valence-corrected chi connectivity index (χ2v) is 7.27. The van der Waals surface area contributed by atoms with E-state index in [2.05, 4.69) is 17.1 Å². The van der Waals surface area contributed by atoms with Gasteiger partial charge in [-0.1, -0.05) is 13.0 Å². The number of piperazine rings is 1. The van der Waals surface area contributed by atoms with E-state index in [0.717, 1.165) is 38.3 Å². The second kappa shape index (κ2) is 5.35. The molecule has 0 aromatic heterocycles. The molecule has 6 heteroatoms. The van der Waals surface area contributed by atoms with Crippen molar-refractivity contribution in [2.75, 3.05) is 44.6 Å². The van der Waals surface area contributed by atoms with E-state index in [1.807, 2.05) is 6.07 Å². The molecule has 2 heterocycles. The van der Waals surface area contributed by atoms with Gasteiger partial charge in [-0.25, -0.2) is 8.42 Å². The van der Waals surface area contributed by atoms with Crippen molar-refractivity contribution in [1.29, 1.82) is 0 Å². The number of nitrogens with one attached hydrogen (secondary N) is 1. The number of sulfonamides is 1. The average molecular weight is 295 g/mol. The first kappa shape index (κ1) is 13.9. The number of anilines is 1. The van der Waals surface area contributed by atoms with Gasteiger partial charge < -0.3 is 10.2 Å². The van der Waals surface area contributed by atoms with Gasteiger partial charge in [0, 0.05) is 38.4 Å². The number of nitrogens with zero attached hydrogens (tertiary/aromatic N) is 2. The van der Waals surface area contributed by atoms with Crippen molar-refractivity contribution in [3.05, 3.63) is 23.8 Å². The third-order valence-electron chi connectivity index (χ3n) is 4.21. The summed E-state index contributed by atoms with van der Waals surface area (Å²) in [6.07, 6.45) is 0.977. The highest BCUT2D eigenvalue weighted by Crippen LogP contribution is 2.27. The Labute approximate surface area is 120 Å². The molecule has 1 aromatic rings. The Hall–Kier alpha value is -1.11. The minimum absolute atomic E-state index is 0.413. The third kappa shape index (κ3) is 2.43. The summed E-state index contributed by atoms with van der Waals surface area (Å²) in [5.74, 6) is 0. The van der Waals surface area contributed by atoms with E-state index >= 15 is 0 Å². The Morgan fingerprint density at radius 1 is 1.20 bits per heavy atom. The van der Waals surface area contributed by atoms with Gasteiger partial charge in [-0.2, -0.15) is 4.31 Å². The van der Waals surface area contributed by atoms with E-state index in [0.29, 0.717) is 18.0 Å². The van der Waals surface area contributed by atoms with Crippen molar-refractivity contribution in [2.45, 2.75) is 18.2 Å². The second-order valence-electron chi connectivity index (χ2n) is 5.33. The first-order valence-corrected chi connectivity index (χ1v) is 8.64. The van der Waals surface area contributed by atoms with Crippen LogP contribution in [0.15, 0.2) is 23.1 Å². The highest BCUT2D eigenvalue weighted by molar-refractivity contribution is 7.89. The topological polar surface area (TPSA) is 52.7 Å². The maximum Gasteiger partial charge on any atom is 0.243 e. The van der Waals surface area contributed by atoms with Crippen LogP contribution in [0, 0.1) is 0 Å². The maximum absolute atomic E-state index is 12.7. The van der Waals surface area contributed by atoms with E-state index in [4.69, 9.17) is 0 Å². The summed E-state index contributed by atoms with van der Waals surface area (Å²) in [7, 11) is -3.35. The van der Waals surface area contributed by atoms with E-state index in [1.54, 1.807) is 16.4 Å². The molecular weight excluding hydrogens is 274 g/mol. The van der Waals surface area contributed by atoms with E-state index in [1.165, 1.54) is 5.56 Å². The zero-order valence-electron chi connectivity index (χ0n) is 11.8. The van der Waals surface area contributed by atoms with Gasteiger partial charge >= 0.3 is 0 Å². The molecule has 0 saturated carbocycles. The standard InChI is InChI=1S/C14H21N3O2S/c1-2-16-7-9-17(10-8-16)20(18,19)13-4-3-12-5-6-15-14(12)11-13/h3-4,11,15H,2,5-10H2,1H3. The highest BCUT2D eigenvalue weighted by Gasteiger charge is 2.28. The fourth-order valence-corrected chi connectivity index (χ4v) is 4.31. The quantitative estimate of drug-likeness (QED) is 0.903. The lowest BCUT2D eigenvalue weighted by Gasteiger charge is -2.33. The molecule has 2 aliphatic heterocycles. The molecular formula is C14H21N3O2S. The molecule has 0 spiro atoms. The molecule has 0 unspecified atom stereocenters. The molecule has 20 heavy (non-hydrogen) atoms. The SMILES string of the molecule is CCN1CCN(S(=O)(=O)c2ccc3c(c2)NCC3)CC1. The molecule has 1 saturated heterocycles. The molecule has 0 aliphatic carbocycles. The summed E-state index contributed by atoms with van der Waals surface area (Å²) in [5, 5.41) is 3.24. The zero-order chi connectivity index (χ0) is 14.2. The van der Waals surface area contributed by atoms with Gasteiger partial charge in [0.1, 0.15) is 0 Å². The highest BCUT2D eigenvalue weighted by atomic mass is 32.2. The van der Waals surface area contributed by atoms with Gasteiger partial charge in [-0.05, 0) is 30.7 Å². The van der Waals surface area contributed by atoms with Gasteiger partial charge in [-0.15, -0.1) is 0 Å². The lowest BCUT2D eigenvalue weighted by atomic mass is 10.2. The van der Waals surface area contributed by atoms with Crippen LogP contribution in [0.3, 0.4) is 0 Å². The first-order chi connectivity index (χ1) is 9.61. The van der Waals surface area contributed by atoms with Gasteiger partial charge in [0.15, 0.2) is 0 Å². The van der Waals surface area contributed by atoms with Crippen LogP contribution in [0.4, 0.5) is 5.69 Å². The monoisotopic (exact) mass is 295 g/mol. The van der Waals surface area contributed by atoms with Crippen molar-refractivity contribution >= 4 is 15.7 Å². The lowest BCUT2D eigenvalue weighted by molar-refractivity contribution is 0.196. The Morgan fingerprint density at radius 2 is 1.95 bits per heavy atom. The summed E-state index contributed by atoms with van der Waals surface area (Å²) >= 11 is 0. The van der Waals surface area contributed by atoms with Crippen LogP contribution in [0.25, 0.3) is 0 Å². The Morgan fingerprint density at radius 3 is 2.65 bits per heavy atom. The predicted molar refractivity (Wildman–Crippen MR) is 79.5 cm³/mol. The Balaban J connectivity index is 1.82. The van der Waals surface area contributed by atoms with Crippen LogP contribution >= 0.6 is 0 Å². The van der Waals surface area contributed by atoms with E-state index < -0.39 is 10.0 Å². The van der Waals surface area contributed by atoms with Crippen LogP contribution in [0.2, 0.25) is 0 Å². The molecule has 0 atom stereocenters. The van der Waals surface area contributed by atoms with Crippen molar-refractivity contribution < 1.29 is 8.42 Å². The van der Waals surface area contributed by atoms with Gasteiger partial charge in [0.2, 0.25) is 10.0 Å². The van der Waals surface area contributed by atoms with Crippen LogP contribution < -0.4 is 5.32 Å². The minimum Gasteiger partial charge on any atom is -0.384 e. The molecule has 2 aliphatic rings.